The standard InChI is InChI=1S/C12H22N2O/c1-2-6-12(15)11(13)7-10-14-8-4-3-5-9-14/h11-12,15H,3-5,7-10,13H2,1H3. The number of nitrogens with zero attached hydrogens (tertiary/aromatic N) is 1. The summed E-state index contributed by atoms with van der Waals surface area (Å²) in [4.78, 5) is 2.43. The van der Waals surface area contributed by atoms with Gasteiger partial charge in [-0.1, -0.05) is 12.3 Å². The third-order valence-electron chi connectivity index (χ3n) is 2.93. The summed E-state index contributed by atoms with van der Waals surface area (Å²) in [6.07, 6.45) is 4.11. The first-order chi connectivity index (χ1) is 7.24. The highest BCUT2D eigenvalue weighted by atomic mass is 16.3. The van der Waals surface area contributed by atoms with E-state index >= 15 is 0 Å². The quantitative estimate of drug-likeness (QED) is 0.667. The zero-order valence-electron chi connectivity index (χ0n) is 9.58. The molecule has 0 aromatic rings. The number of piperidine rings is 1. The summed E-state index contributed by atoms with van der Waals surface area (Å²) in [5.74, 6) is 5.39. The maximum absolute atomic E-state index is 9.53. The molecular formula is C12H22N2O. The zero-order valence-corrected chi connectivity index (χ0v) is 9.58. The molecule has 1 aliphatic rings. The van der Waals surface area contributed by atoms with Crippen molar-refractivity contribution < 1.29 is 5.11 Å². The minimum absolute atomic E-state index is 0.209. The summed E-state index contributed by atoms with van der Waals surface area (Å²) in [7, 11) is 0. The van der Waals surface area contributed by atoms with Crippen molar-refractivity contribution in [3.05, 3.63) is 0 Å². The van der Waals surface area contributed by atoms with Gasteiger partial charge < -0.3 is 15.7 Å². The molecule has 0 aromatic carbocycles. The number of hydrogen-bond acceptors (Lipinski definition) is 3. The Labute approximate surface area is 92.6 Å². The molecule has 15 heavy (non-hydrogen) atoms. The van der Waals surface area contributed by atoms with Gasteiger partial charge in [-0.25, -0.2) is 0 Å². The Kier molecular flexibility index (Phi) is 5.70. The van der Waals surface area contributed by atoms with Crippen LogP contribution in [0.1, 0.15) is 32.6 Å². The largest absolute Gasteiger partial charge is 0.379 e. The van der Waals surface area contributed by atoms with E-state index in [2.05, 4.69) is 16.7 Å². The van der Waals surface area contributed by atoms with E-state index < -0.39 is 6.10 Å². The smallest absolute Gasteiger partial charge is 0.129 e. The Balaban J connectivity index is 2.19. The summed E-state index contributed by atoms with van der Waals surface area (Å²) in [6.45, 7) is 5.08. The van der Waals surface area contributed by atoms with Crippen LogP contribution in [0.4, 0.5) is 0 Å². The summed E-state index contributed by atoms with van der Waals surface area (Å²) in [5.41, 5.74) is 5.84. The van der Waals surface area contributed by atoms with Crippen molar-refractivity contribution in [3.8, 4) is 11.8 Å². The maximum atomic E-state index is 9.53. The highest BCUT2D eigenvalue weighted by Gasteiger charge is 2.15. The number of aliphatic hydroxyl groups is 1. The number of nitrogens with two attached hydrogens (primary N) is 1. The molecule has 0 saturated carbocycles. The minimum Gasteiger partial charge on any atom is -0.379 e. The van der Waals surface area contributed by atoms with Gasteiger partial charge in [-0.05, 0) is 45.8 Å². The van der Waals surface area contributed by atoms with Crippen LogP contribution in [0.3, 0.4) is 0 Å². The van der Waals surface area contributed by atoms with Crippen LogP contribution in [0.5, 0.6) is 0 Å². The van der Waals surface area contributed by atoms with Gasteiger partial charge in [0.1, 0.15) is 6.10 Å². The van der Waals surface area contributed by atoms with Gasteiger partial charge in [-0.3, -0.25) is 0 Å². The molecule has 0 spiro atoms. The second-order valence-corrected chi connectivity index (χ2v) is 4.19. The van der Waals surface area contributed by atoms with Crippen LogP contribution in [0, 0.1) is 11.8 Å². The molecule has 86 valence electrons. The van der Waals surface area contributed by atoms with Gasteiger partial charge in [-0.2, -0.15) is 0 Å². The van der Waals surface area contributed by atoms with Gasteiger partial charge in [0.15, 0.2) is 0 Å². The average molecular weight is 210 g/mol. The number of aliphatic hydroxyl groups excluding tert-OH is 1. The molecule has 0 radical (unpaired) electrons. The molecule has 1 fully saturated rings. The molecule has 1 rings (SSSR count). The second kappa shape index (κ2) is 6.84. The number of likely N-dealkylation sites (tertiary alicyclic amines) is 1. The second-order valence-electron chi connectivity index (χ2n) is 4.19. The fraction of sp³-hybridized carbons (Fsp3) is 0.833. The van der Waals surface area contributed by atoms with Gasteiger partial charge in [0.25, 0.3) is 0 Å². The van der Waals surface area contributed by atoms with Crippen LogP contribution in [0.25, 0.3) is 0 Å². The third-order valence-corrected chi connectivity index (χ3v) is 2.93. The molecule has 0 amide bonds. The lowest BCUT2D eigenvalue weighted by molar-refractivity contribution is 0.170. The van der Waals surface area contributed by atoms with E-state index in [1.807, 2.05) is 0 Å². The lowest BCUT2D eigenvalue weighted by Crippen LogP contribution is -2.39. The van der Waals surface area contributed by atoms with Crippen LogP contribution in [0.15, 0.2) is 0 Å². The molecule has 1 aliphatic heterocycles. The van der Waals surface area contributed by atoms with Crippen LogP contribution in [-0.2, 0) is 0 Å². The van der Waals surface area contributed by atoms with Gasteiger partial charge >= 0.3 is 0 Å². The Bertz CT molecular complexity index is 226. The van der Waals surface area contributed by atoms with Crippen molar-refractivity contribution >= 4 is 0 Å². The Morgan fingerprint density at radius 3 is 2.60 bits per heavy atom. The van der Waals surface area contributed by atoms with Crippen molar-refractivity contribution in [3.63, 3.8) is 0 Å². The molecule has 0 aliphatic carbocycles. The Morgan fingerprint density at radius 2 is 2.00 bits per heavy atom. The van der Waals surface area contributed by atoms with Crippen LogP contribution >= 0.6 is 0 Å². The van der Waals surface area contributed by atoms with Crippen molar-refractivity contribution in [2.24, 2.45) is 5.73 Å². The Hall–Kier alpha value is -0.560. The molecule has 3 N–H and O–H groups in total. The van der Waals surface area contributed by atoms with Crippen molar-refractivity contribution in [2.45, 2.75) is 44.8 Å². The fourth-order valence-electron chi connectivity index (χ4n) is 1.93. The molecule has 1 saturated heterocycles. The molecule has 3 heteroatoms. The zero-order chi connectivity index (χ0) is 11.1. The van der Waals surface area contributed by atoms with Gasteiger partial charge in [-0.15, -0.1) is 5.92 Å². The van der Waals surface area contributed by atoms with Crippen molar-refractivity contribution in [1.82, 2.24) is 4.90 Å². The van der Waals surface area contributed by atoms with Crippen molar-refractivity contribution in [1.29, 1.82) is 0 Å². The lowest BCUT2D eigenvalue weighted by atomic mass is 10.1. The topological polar surface area (TPSA) is 49.5 Å². The maximum Gasteiger partial charge on any atom is 0.129 e. The van der Waals surface area contributed by atoms with E-state index in [-0.39, 0.29) is 6.04 Å². The summed E-state index contributed by atoms with van der Waals surface area (Å²) >= 11 is 0. The lowest BCUT2D eigenvalue weighted by Gasteiger charge is -2.27. The Morgan fingerprint density at radius 1 is 1.33 bits per heavy atom. The first-order valence-electron chi connectivity index (χ1n) is 5.82. The van der Waals surface area contributed by atoms with Gasteiger partial charge in [0.2, 0.25) is 0 Å². The molecule has 2 atom stereocenters. The molecule has 1 heterocycles. The van der Waals surface area contributed by atoms with Crippen LogP contribution in [0.2, 0.25) is 0 Å². The van der Waals surface area contributed by atoms with E-state index in [4.69, 9.17) is 5.73 Å². The molecule has 3 nitrogen and oxygen atoms in total. The summed E-state index contributed by atoms with van der Waals surface area (Å²) in [5, 5.41) is 9.53. The third kappa shape index (κ3) is 4.65. The van der Waals surface area contributed by atoms with E-state index in [9.17, 15) is 5.11 Å². The predicted molar refractivity (Wildman–Crippen MR) is 62.3 cm³/mol. The SMILES string of the molecule is CC#CC(O)C(N)CCN1CCCCC1. The van der Waals surface area contributed by atoms with Crippen LogP contribution in [-0.4, -0.2) is 41.8 Å². The summed E-state index contributed by atoms with van der Waals surface area (Å²) in [6, 6.07) is -0.209. The minimum atomic E-state index is -0.667. The average Bonchev–Trinajstić information content (AvgIpc) is 2.27. The van der Waals surface area contributed by atoms with Gasteiger partial charge in [0.05, 0.1) is 0 Å². The first-order valence-corrected chi connectivity index (χ1v) is 5.82. The number of rotatable bonds is 4. The molecule has 0 aromatic heterocycles. The van der Waals surface area contributed by atoms with E-state index in [0.29, 0.717) is 0 Å². The van der Waals surface area contributed by atoms with E-state index in [1.54, 1.807) is 6.92 Å². The van der Waals surface area contributed by atoms with Crippen LogP contribution < -0.4 is 5.73 Å². The van der Waals surface area contributed by atoms with Crippen molar-refractivity contribution in [2.75, 3.05) is 19.6 Å². The molecular weight excluding hydrogens is 188 g/mol. The first kappa shape index (κ1) is 12.5. The highest BCUT2D eigenvalue weighted by molar-refractivity contribution is 5.05. The molecule has 0 bridgehead atoms. The number of hydrogen-bond donors (Lipinski definition) is 2. The monoisotopic (exact) mass is 210 g/mol. The fourth-order valence-corrected chi connectivity index (χ4v) is 1.93. The predicted octanol–water partition coefficient (Wildman–Crippen LogP) is 0.574. The van der Waals surface area contributed by atoms with Gasteiger partial charge in [0, 0.05) is 6.04 Å². The molecule has 2 unspecified atom stereocenters. The highest BCUT2D eigenvalue weighted by Crippen LogP contribution is 2.09. The van der Waals surface area contributed by atoms with E-state index in [1.165, 1.54) is 32.4 Å². The summed E-state index contributed by atoms with van der Waals surface area (Å²) < 4.78 is 0. The normalized spacial score (nSPS) is 21.5. The van der Waals surface area contributed by atoms with E-state index in [0.717, 1.165) is 13.0 Å².